The lowest BCUT2D eigenvalue weighted by molar-refractivity contribution is -0.135. The highest BCUT2D eigenvalue weighted by Crippen LogP contribution is 2.44. The van der Waals surface area contributed by atoms with Gasteiger partial charge in [-0.3, -0.25) is 14.5 Å². The molecule has 2 fully saturated rings. The molecule has 0 unspecified atom stereocenters. The van der Waals surface area contributed by atoms with Crippen LogP contribution in [0.15, 0.2) is 30.6 Å². The Kier molecular flexibility index (Phi) is 7.62. The number of piperazine rings is 2. The number of hydrogen-bond donors (Lipinski definition) is 0. The third kappa shape index (κ3) is 5.43. The number of carbonyl (C=O) groups excluding carboxylic acids is 2. The third-order valence-electron chi connectivity index (χ3n) is 7.96. The van der Waals surface area contributed by atoms with E-state index in [0.29, 0.717) is 63.0 Å². The molecule has 37 heavy (non-hydrogen) atoms. The minimum atomic E-state index is -1.04. The maximum absolute atomic E-state index is 14.4. The van der Waals surface area contributed by atoms with E-state index in [4.69, 9.17) is 11.6 Å². The molecule has 198 valence electrons. The van der Waals surface area contributed by atoms with E-state index in [-0.39, 0.29) is 23.7 Å². The topological polar surface area (TPSA) is 72.9 Å². The van der Waals surface area contributed by atoms with Crippen molar-refractivity contribution in [3.8, 4) is 0 Å². The maximum atomic E-state index is 14.4. The number of alkyl halides is 1. The van der Waals surface area contributed by atoms with Gasteiger partial charge in [-0.05, 0) is 30.0 Å². The predicted octanol–water partition coefficient (Wildman–Crippen LogP) is 3.24. The Morgan fingerprint density at radius 1 is 1.00 bits per heavy atom. The minimum absolute atomic E-state index is 0.0821. The minimum Gasteiger partial charge on any atom is -0.353 e. The largest absolute Gasteiger partial charge is 0.353 e. The molecule has 1 aliphatic carbocycles. The van der Waals surface area contributed by atoms with Gasteiger partial charge in [0.1, 0.15) is 18.3 Å². The van der Waals surface area contributed by atoms with Crippen LogP contribution in [0.2, 0.25) is 5.02 Å². The van der Waals surface area contributed by atoms with E-state index < -0.39 is 6.17 Å². The number of hydrogen-bond acceptors (Lipinski definition) is 6. The highest BCUT2D eigenvalue weighted by Gasteiger charge is 2.36. The Morgan fingerprint density at radius 3 is 2.30 bits per heavy atom. The predicted molar refractivity (Wildman–Crippen MR) is 141 cm³/mol. The van der Waals surface area contributed by atoms with Gasteiger partial charge in [0, 0.05) is 76.4 Å². The zero-order chi connectivity index (χ0) is 26.1. The molecule has 2 saturated heterocycles. The molecule has 0 bridgehead atoms. The average Bonchev–Trinajstić information content (AvgIpc) is 3.21. The van der Waals surface area contributed by atoms with Gasteiger partial charge in [-0.25, -0.2) is 14.4 Å². The molecule has 1 aromatic heterocycles. The summed E-state index contributed by atoms with van der Waals surface area (Å²) >= 11 is 6.13. The lowest BCUT2D eigenvalue weighted by Crippen LogP contribution is -2.53. The van der Waals surface area contributed by atoms with E-state index in [0.717, 1.165) is 30.0 Å². The fraction of sp³-hybridized carbons (Fsp3) is 0.556. The van der Waals surface area contributed by atoms with E-state index in [1.807, 2.05) is 41.0 Å². The highest BCUT2D eigenvalue weighted by atomic mass is 35.5. The van der Waals surface area contributed by atoms with Gasteiger partial charge in [-0.15, -0.1) is 0 Å². The Hall–Kier alpha value is -2.78. The van der Waals surface area contributed by atoms with Gasteiger partial charge in [0.15, 0.2) is 0 Å². The fourth-order valence-electron chi connectivity index (χ4n) is 5.80. The van der Waals surface area contributed by atoms with E-state index >= 15 is 0 Å². The van der Waals surface area contributed by atoms with Gasteiger partial charge < -0.3 is 14.7 Å². The molecule has 1 aromatic carbocycles. The summed E-state index contributed by atoms with van der Waals surface area (Å²) in [6.07, 6.45) is 0.869. The lowest BCUT2D eigenvalue weighted by atomic mass is 9.96. The molecule has 0 radical (unpaired) electrons. The van der Waals surface area contributed by atoms with Crippen molar-refractivity contribution in [1.29, 1.82) is 0 Å². The van der Waals surface area contributed by atoms with E-state index in [1.54, 1.807) is 6.92 Å². The Labute approximate surface area is 222 Å². The van der Waals surface area contributed by atoms with Gasteiger partial charge in [0.25, 0.3) is 0 Å². The lowest BCUT2D eigenvalue weighted by Gasteiger charge is -2.40. The monoisotopic (exact) mass is 528 g/mol. The Morgan fingerprint density at radius 2 is 1.65 bits per heavy atom. The van der Waals surface area contributed by atoms with Crippen LogP contribution in [-0.4, -0.2) is 95.4 Å². The molecule has 3 heterocycles. The van der Waals surface area contributed by atoms with Crippen LogP contribution in [-0.2, 0) is 9.59 Å². The van der Waals surface area contributed by atoms with Gasteiger partial charge in [-0.1, -0.05) is 30.7 Å². The van der Waals surface area contributed by atoms with Gasteiger partial charge in [0.05, 0.1) is 11.6 Å². The third-order valence-corrected chi connectivity index (χ3v) is 8.22. The highest BCUT2D eigenvalue weighted by molar-refractivity contribution is 6.30. The van der Waals surface area contributed by atoms with Crippen molar-refractivity contribution in [2.45, 2.75) is 38.3 Å². The molecule has 3 aliphatic rings. The molecule has 5 rings (SSSR count). The summed E-state index contributed by atoms with van der Waals surface area (Å²) in [6, 6.07) is 7.54. The van der Waals surface area contributed by atoms with E-state index in [2.05, 4.69) is 19.8 Å². The van der Waals surface area contributed by atoms with Crippen molar-refractivity contribution in [2.24, 2.45) is 0 Å². The van der Waals surface area contributed by atoms with Crippen LogP contribution in [0.25, 0.3) is 0 Å². The first-order valence-corrected chi connectivity index (χ1v) is 13.5. The number of rotatable bonds is 5. The van der Waals surface area contributed by atoms with Crippen molar-refractivity contribution in [2.75, 3.05) is 63.8 Å². The van der Waals surface area contributed by atoms with Crippen LogP contribution in [0.5, 0.6) is 0 Å². The summed E-state index contributed by atoms with van der Waals surface area (Å²) in [5.41, 5.74) is 2.38. The summed E-state index contributed by atoms with van der Waals surface area (Å²) in [4.78, 5) is 42.5. The SMILES string of the molecule is CC(=O)N1CCN(C[C@H](C(=O)N2CCN(c3ncnc4c3[C@H](C)C[C@@H]4F)CC2)c2ccc(Cl)cc2)CC1. The standard InChI is InChI=1S/C27H34ClFN6O2/c1-18-15-23(29)25-24(18)26(31-17-30-25)34-11-13-35(14-12-34)27(37)22(20-3-5-21(28)6-4-20)16-32-7-9-33(10-8-32)19(2)36/h3-6,17-18,22-23H,7-16H2,1-2H3/t18-,22+,23+/m1/s1. The Balaban J connectivity index is 1.28. The summed E-state index contributed by atoms with van der Waals surface area (Å²) in [7, 11) is 0. The molecule has 2 amide bonds. The molecular formula is C27H34ClFN6O2. The zero-order valence-electron chi connectivity index (χ0n) is 21.4. The normalized spacial score (nSPS) is 23.2. The Bertz CT molecular complexity index is 1130. The quantitative estimate of drug-likeness (QED) is 0.593. The second kappa shape index (κ2) is 10.9. The number of carbonyl (C=O) groups is 2. The number of aromatic nitrogens is 2. The number of halogens is 2. The summed E-state index contributed by atoms with van der Waals surface area (Å²) in [5.74, 6) is 0.763. The number of amides is 2. The van der Waals surface area contributed by atoms with E-state index in [1.165, 1.54) is 6.33 Å². The fourth-order valence-corrected chi connectivity index (χ4v) is 5.92. The van der Waals surface area contributed by atoms with E-state index in [9.17, 15) is 14.0 Å². The second-order valence-corrected chi connectivity index (χ2v) is 10.8. The van der Waals surface area contributed by atoms with Crippen LogP contribution in [0, 0.1) is 0 Å². The van der Waals surface area contributed by atoms with Crippen molar-refractivity contribution in [1.82, 2.24) is 24.7 Å². The number of fused-ring (bicyclic) bond motifs is 1. The molecule has 8 nitrogen and oxygen atoms in total. The molecule has 3 atom stereocenters. The molecule has 10 heteroatoms. The second-order valence-electron chi connectivity index (χ2n) is 10.3. The van der Waals surface area contributed by atoms with Crippen LogP contribution < -0.4 is 4.90 Å². The first-order chi connectivity index (χ1) is 17.8. The molecule has 0 N–H and O–H groups in total. The van der Waals surface area contributed by atoms with Crippen molar-refractivity contribution in [3.63, 3.8) is 0 Å². The van der Waals surface area contributed by atoms with Crippen LogP contribution >= 0.6 is 11.6 Å². The van der Waals surface area contributed by atoms with Crippen LogP contribution in [0.4, 0.5) is 10.2 Å². The summed E-state index contributed by atoms with van der Waals surface area (Å²) < 4.78 is 14.4. The van der Waals surface area contributed by atoms with Crippen LogP contribution in [0.1, 0.15) is 55.1 Å². The molecule has 0 spiro atoms. The summed E-state index contributed by atoms with van der Waals surface area (Å²) in [5, 5.41) is 0.640. The number of anilines is 1. The summed E-state index contributed by atoms with van der Waals surface area (Å²) in [6.45, 7) is 9.51. The smallest absolute Gasteiger partial charge is 0.231 e. The zero-order valence-corrected chi connectivity index (χ0v) is 22.2. The first kappa shape index (κ1) is 25.9. The van der Waals surface area contributed by atoms with Crippen molar-refractivity contribution >= 4 is 29.2 Å². The molecular weight excluding hydrogens is 495 g/mol. The first-order valence-electron chi connectivity index (χ1n) is 13.1. The van der Waals surface area contributed by atoms with Crippen molar-refractivity contribution < 1.29 is 14.0 Å². The number of nitrogens with zero attached hydrogens (tertiary/aromatic N) is 6. The molecule has 0 saturated carbocycles. The van der Waals surface area contributed by atoms with Crippen molar-refractivity contribution in [3.05, 3.63) is 52.4 Å². The maximum Gasteiger partial charge on any atom is 0.231 e. The average molecular weight is 529 g/mol. The van der Waals surface area contributed by atoms with Gasteiger partial charge in [-0.2, -0.15) is 0 Å². The number of benzene rings is 1. The van der Waals surface area contributed by atoms with Crippen LogP contribution in [0.3, 0.4) is 0 Å². The van der Waals surface area contributed by atoms with Gasteiger partial charge >= 0.3 is 0 Å². The molecule has 2 aliphatic heterocycles. The molecule has 2 aromatic rings. The van der Waals surface area contributed by atoms with Gasteiger partial charge in [0.2, 0.25) is 11.8 Å².